The summed E-state index contributed by atoms with van der Waals surface area (Å²) >= 11 is 0. The summed E-state index contributed by atoms with van der Waals surface area (Å²) in [5.74, 6) is 0. The first-order valence-electron chi connectivity index (χ1n) is 10.8. The van der Waals surface area contributed by atoms with Crippen LogP contribution in [-0.2, 0) is 29.4 Å². The molecule has 10 heteroatoms. The number of aryl methyl sites for hydroxylation is 2. The molecule has 0 spiro atoms. The number of sulfonamides is 1. The minimum Gasteiger partial charge on any atom is -0.225 e. The molecule has 34 heavy (non-hydrogen) atoms. The molecular weight excluding hydrogens is 480 g/mol. The summed E-state index contributed by atoms with van der Waals surface area (Å²) in [6.45, 7) is 5.10. The van der Waals surface area contributed by atoms with Crippen molar-refractivity contribution >= 4 is 10.0 Å². The number of hydrogen-bond acceptors (Lipinski definition) is 6. The third kappa shape index (κ3) is 9.11. The van der Waals surface area contributed by atoms with Crippen LogP contribution in [0.2, 0.25) is 0 Å². The number of rotatable bonds is 8. The molecule has 0 aliphatic rings. The van der Waals surface area contributed by atoms with Gasteiger partial charge in [-0.25, -0.2) is 32.2 Å². The number of nitrogens with two attached hydrogens (primary N) is 1. The third-order valence-corrected chi connectivity index (χ3v) is 5.98. The van der Waals surface area contributed by atoms with Crippen LogP contribution < -0.4 is 28.3 Å². The van der Waals surface area contributed by atoms with Crippen molar-refractivity contribution in [3.63, 3.8) is 0 Å². The summed E-state index contributed by atoms with van der Waals surface area (Å²) in [5, 5.41) is 5.23. The second kappa shape index (κ2) is 12.4. The quantitative estimate of drug-likeness (QED) is 0.403. The molecular formula is C24H29ClN2O6S. The smallest absolute Gasteiger partial charge is 0.225 e. The second-order valence-electron chi connectivity index (χ2n) is 7.75. The van der Waals surface area contributed by atoms with Gasteiger partial charge in [-0.05, 0) is 36.1 Å². The Labute approximate surface area is 202 Å². The van der Waals surface area contributed by atoms with Crippen molar-refractivity contribution in [3.8, 4) is 11.1 Å². The summed E-state index contributed by atoms with van der Waals surface area (Å²) in [4.78, 5) is 0.147. The summed E-state index contributed by atoms with van der Waals surface area (Å²) in [6, 6.07) is 21.9. The van der Waals surface area contributed by atoms with Gasteiger partial charge in [0.05, 0.1) is 4.90 Å². The Balaban J connectivity index is 0.000000739. The molecule has 0 radical (unpaired) electrons. The number of pyridine rings is 1. The van der Waals surface area contributed by atoms with Crippen molar-refractivity contribution in [2.75, 3.05) is 0 Å². The molecule has 3 rings (SSSR count). The number of nitrogens with zero attached hydrogens (tertiary/aromatic N) is 1. The molecule has 2 N–H and O–H groups in total. The minimum absolute atomic E-state index is 0.147. The lowest BCUT2D eigenvalue weighted by Crippen LogP contribution is -2.68. The van der Waals surface area contributed by atoms with E-state index in [1.54, 1.807) is 12.1 Å². The zero-order valence-electron chi connectivity index (χ0n) is 19.1. The molecule has 0 unspecified atom stereocenters. The summed E-state index contributed by atoms with van der Waals surface area (Å²) < 4.78 is 59.4. The van der Waals surface area contributed by atoms with E-state index in [9.17, 15) is 8.42 Å². The molecule has 184 valence electrons. The SMILES string of the molecule is CCCc1cc(-c2ccccc2)cc(CCC)[n+]1Cc1ccc(S(N)(=O)=O)cc1.[O-][Cl+3]([O-])([O-])[O-]. The van der Waals surface area contributed by atoms with Crippen molar-refractivity contribution in [2.45, 2.75) is 51.0 Å². The van der Waals surface area contributed by atoms with E-state index in [1.807, 2.05) is 18.2 Å². The molecule has 0 saturated heterocycles. The van der Waals surface area contributed by atoms with Crippen molar-refractivity contribution in [3.05, 3.63) is 83.7 Å². The minimum atomic E-state index is -4.94. The lowest BCUT2D eigenvalue weighted by atomic mass is 10.0. The molecule has 2 aromatic carbocycles. The third-order valence-electron chi connectivity index (χ3n) is 5.05. The molecule has 0 amide bonds. The van der Waals surface area contributed by atoms with Crippen LogP contribution in [0.5, 0.6) is 0 Å². The van der Waals surface area contributed by atoms with E-state index in [0.29, 0.717) is 6.54 Å². The van der Waals surface area contributed by atoms with Crippen LogP contribution in [0, 0.1) is 10.2 Å². The van der Waals surface area contributed by atoms with Gasteiger partial charge in [0.15, 0.2) is 17.9 Å². The fourth-order valence-corrected chi connectivity index (χ4v) is 4.15. The van der Waals surface area contributed by atoms with Crippen molar-refractivity contribution in [1.82, 2.24) is 0 Å². The fourth-order valence-electron chi connectivity index (χ4n) is 3.63. The zero-order chi connectivity index (χ0) is 25.4. The number of aromatic nitrogens is 1. The van der Waals surface area contributed by atoms with Gasteiger partial charge < -0.3 is 0 Å². The lowest BCUT2D eigenvalue weighted by molar-refractivity contribution is -2.00. The molecule has 0 aliphatic heterocycles. The maximum absolute atomic E-state index is 11.5. The van der Waals surface area contributed by atoms with Gasteiger partial charge in [-0.2, -0.15) is 4.57 Å². The van der Waals surface area contributed by atoms with E-state index in [4.69, 9.17) is 23.8 Å². The predicted octanol–water partition coefficient (Wildman–Crippen LogP) is -0.514. The number of hydrogen-bond donors (Lipinski definition) is 1. The fraction of sp³-hybridized carbons (Fsp3) is 0.292. The molecule has 0 bridgehead atoms. The largest absolute Gasteiger partial charge is 0.238 e. The first-order chi connectivity index (χ1) is 15.9. The summed E-state index contributed by atoms with van der Waals surface area (Å²) in [7, 11) is -8.61. The highest BCUT2D eigenvalue weighted by Crippen LogP contribution is 2.22. The second-order valence-corrected chi connectivity index (χ2v) is 10.1. The van der Waals surface area contributed by atoms with Gasteiger partial charge in [-0.15, -0.1) is 10.2 Å². The van der Waals surface area contributed by atoms with E-state index in [-0.39, 0.29) is 4.90 Å². The molecule has 3 aromatic rings. The molecule has 8 nitrogen and oxygen atoms in total. The zero-order valence-corrected chi connectivity index (χ0v) is 20.7. The molecule has 0 saturated carbocycles. The normalized spacial score (nSPS) is 11.6. The highest BCUT2D eigenvalue weighted by Gasteiger charge is 2.20. The highest BCUT2D eigenvalue weighted by atomic mass is 35.7. The maximum atomic E-state index is 11.5. The molecule has 0 aliphatic carbocycles. The van der Waals surface area contributed by atoms with E-state index in [2.05, 4.69) is 54.8 Å². The van der Waals surface area contributed by atoms with Gasteiger partial charge >= 0.3 is 0 Å². The average molecular weight is 509 g/mol. The Kier molecular flexibility index (Phi) is 10.1. The standard InChI is InChI=1S/C24H29N2O2S.ClHO4/c1-3-8-22-16-21(20-10-6-5-7-11-20)17-23(9-4-2)26(22)18-19-12-14-24(15-13-19)29(25,27)28;2-1(3,4)5/h5-7,10-17H,3-4,8-9,18H2,1-2H3,(H2,25,27,28);(H,2,3,4,5)/q+1;/p-1. The van der Waals surface area contributed by atoms with Gasteiger partial charge in [0, 0.05) is 30.5 Å². The van der Waals surface area contributed by atoms with Gasteiger partial charge in [-0.3, -0.25) is 0 Å². The summed E-state index contributed by atoms with van der Waals surface area (Å²) in [5.41, 5.74) is 6.13. The van der Waals surface area contributed by atoms with Crippen molar-refractivity contribution in [2.24, 2.45) is 5.14 Å². The first kappa shape index (κ1) is 27.9. The van der Waals surface area contributed by atoms with E-state index < -0.39 is 20.3 Å². The van der Waals surface area contributed by atoms with E-state index in [0.717, 1.165) is 31.2 Å². The highest BCUT2D eigenvalue weighted by molar-refractivity contribution is 7.89. The number of primary sulfonamides is 1. The Hall–Kier alpha value is -2.37. The van der Waals surface area contributed by atoms with E-state index >= 15 is 0 Å². The number of benzene rings is 2. The van der Waals surface area contributed by atoms with Gasteiger partial charge in [-0.1, -0.05) is 56.3 Å². The Morgan fingerprint density at radius 3 is 1.68 bits per heavy atom. The maximum Gasteiger partial charge on any atom is 0.238 e. The summed E-state index contributed by atoms with van der Waals surface area (Å²) in [6.07, 6.45) is 4.11. The Bertz CT molecular complexity index is 1130. The lowest BCUT2D eigenvalue weighted by Gasteiger charge is -2.17. The Morgan fingerprint density at radius 1 is 0.794 bits per heavy atom. The molecule has 1 heterocycles. The topological polar surface area (TPSA) is 156 Å². The van der Waals surface area contributed by atoms with Crippen LogP contribution in [-0.4, -0.2) is 8.42 Å². The first-order valence-corrected chi connectivity index (χ1v) is 13.5. The van der Waals surface area contributed by atoms with Crippen molar-refractivity contribution < 1.29 is 41.9 Å². The van der Waals surface area contributed by atoms with Gasteiger partial charge in [0.25, 0.3) is 0 Å². The molecule has 1 aromatic heterocycles. The van der Waals surface area contributed by atoms with Crippen molar-refractivity contribution in [1.29, 1.82) is 0 Å². The molecule has 0 atom stereocenters. The monoisotopic (exact) mass is 508 g/mol. The van der Waals surface area contributed by atoms with Crippen LogP contribution in [0.25, 0.3) is 11.1 Å². The van der Waals surface area contributed by atoms with Crippen LogP contribution in [0.15, 0.2) is 71.6 Å². The van der Waals surface area contributed by atoms with E-state index in [1.165, 1.54) is 22.5 Å². The van der Waals surface area contributed by atoms with Crippen LogP contribution in [0.4, 0.5) is 0 Å². The van der Waals surface area contributed by atoms with Crippen LogP contribution in [0.3, 0.4) is 0 Å². The molecule has 0 fully saturated rings. The van der Waals surface area contributed by atoms with Crippen LogP contribution in [0.1, 0.15) is 43.6 Å². The van der Waals surface area contributed by atoms with Crippen LogP contribution >= 0.6 is 0 Å². The average Bonchev–Trinajstić information content (AvgIpc) is 2.75. The Morgan fingerprint density at radius 2 is 1.26 bits per heavy atom. The number of halogens is 1. The van der Waals surface area contributed by atoms with Gasteiger partial charge in [0.1, 0.15) is 0 Å². The van der Waals surface area contributed by atoms with Gasteiger partial charge in [0.2, 0.25) is 10.0 Å². The predicted molar refractivity (Wildman–Crippen MR) is 117 cm³/mol.